The molecule has 0 spiro atoms. The highest BCUT2D eigenvalue weighted by Crippen LogP contribution is 2.22. The number of nitrogens with one attached hydrogen (secondary N) is 1. The second-order valence-corrected chi connectivity index (χ2v) is 6.66. The zero-order valence-corrected chi connectivity index (χ0v) is 12.4. The quantitative estimate of drug-likeness (QED) is 0.686. The lowest BCUT2D eigenvalue weighted by Crippen LogP contribution is -2.36. The van der Waals surface area contributed by atoms with Gasteiger partial charge in [-0.05, 0) is 66.6 Å². The zero-order valence-electron chi connectivity index (χ0n) is 12.4. The highest BCUT2D eigenvalue weighted by molar-refractivity contribution is 4.75. The molecular weight excluding hydrogens is 208 g/mol. The third-order valence-corrected chi connectivity index (χ3v) is 3.79. The summed E-state index contributed by atoms with van der Waals surface area (Å²) < 4.78 is 0. The van der Waals surface area contributed by atoms with Crippen molar-refractivity contribution in [1.29, 1.82) is 0 Å². The Morgan fingerprint density at radius 2 is 1.71 bits per heavy atom. The third kappa shape index (κ3) is 7.05. The van der Waals surface area contributed by atoms with Gasteiger partial charge in [-0.15, -0.1) is 0 Å². The lowest BCUT2D eigenvalue weighted by molar-refractivity contribution is 0.240. The van der Waals surface area contributed by atoms with Gasteiger partial charge in [-0.1, -0.05) is 19.3 Å². The molecule has 2 heteroatoms. The van der Waals surface area contributed by atoms with Crippen LogP contribution in [0.5, 0.6) is 0 Å². The fourth-order valence-electron chi connectivity index (χ4n) is 2.65. The van der Waals surface area contributed by atoms with Gasteiger partial charge in [0, 0.05) is 11.6 Å². The summed E-state index contributed by atoms with van der Waals surface area (Å²) in [5, 5.41) is 3.55. The lowest BCUT2D eigenvalue weighted by Gasteiger charge is -2.24. The van der Waals surface area contributed by atoms with Crippen molar-refractivity contribution < 1.29 is 0 Å². The van der Waals surface area contributed by atoms with Crippen LogP contribution in [0.2, 0.25) is 0 Å². The molecule has 1 aliphatic rings. The van der Waals surface area contributed by atoms with E-state index < -0.39 is 0 Å². The van der Waals surface area contributed by atoms with Gasteiger partial charge in [-0.25, -0.2) is 0 Å². The molecule has 1 aliphatic carbocycles. The first-order valence-corrected chi connectivity index (χ1v) is 7.44. The molecule has 0 heterocycles. The second kappa shape index (κ2) is 7.38. The normalized spacial score (nSPS) is 18.2. The van der Waals surface area contributed by atoms with Crippen LogP contribution in [0.3, 0.4) is 0 Å². The summed E-state index contributed by atoms with van der Waals surface area (Å²) in [6.45, 7) is 9.17. The van der Waals surface area contributed by atoms with Crippen LogP contribution in [0.4, 0.5) is 0 Å². The smallest absolute Gasteiger partial charge is 0.00965 e. The first kappa shape index (κ1) is 15.0. The molecule has 0 aromatic carbocycles. The molecule has 0 unspecified atom stereocenters. The van der Waals surface area contributed by atoms with E-state index in [2.05, 4.69) is 38.0 Å². The van der Waals surface area contributed by atoms with Crippen molar-refractivity contribution in [3.05, 3.63) is 0 Å². The molecular formula is C15H32N2. The van der Waals surface area contributed by atoms with Crippen LogP contribution < -0.4 is 5.32 Å². The molecule has 0 saturated heterocycles. The number of nitrogens with zero attached hydrogens (tertiary/aromatic N) is 1. The maximum absolute atomic E-state index is 3.55. The number of hydrogen-bond donors (Lipinski definition) is 1. The van der Waals surface area contributed by atoms with Gasteiger partial charge in [0.2, 0.25) is 0 Å². The molecule has 1 saturated carbocycles. The summed E-state index contributed by atoms with van der Waals surface area (Å²) in [6.07, 6.45) is 9.80. The third-order valence-electron chi connectivity index (χ3n) is 3.79. The van der Waals surface area contributed by atoms with Crippen LogP contribution in [0.1, 0.15) is 65.7 Å². The molecule has 1 rings (SSSR count). The Morgan fingerprint density at radius 1 is 1.06 bits per heavy atom. The summed E-state index contributed by atoms with van der Waals surface area (Å²) >= 11 is 0. The molecule has 2 nitrogen and oxygen atoms in total. The minimum Gasteiger partial charge on any atom is -0.312 e. The zero-order chi connectivity index (χ0) is 12.7. The van der Waals surface area contributed by atoms with Crippen molar-refractivity contribution in [3.8, 4) is 0 Å². The van der Waals surface area contributed by atoms with E-state index in [1.165, 1.54) is 51.5 Å². The molecule has 0 radical (unpaired) electrons. The van der Waals surface area contributed by atoms with Gasteiger partial charge < -0.3 is 10.2 Å². The molecule has 0 aliphatic heterocycles. The Hall–Kier alpha value is -0.0800. The summed E-state index contributed by atoms with van der Waals surface area (Å²) in [7, 11) is 2.31. The van der Waals surface area contributed by atoms with Crippen molar-refractivity contribution in [2.45, 2.75) is 77.3 Å². The fourth-order valence-corrected chi connectivity index (χ4v) is 2.65. The molecule has 102 valence electrons. The molecule has 0 atom stereocenters. The van der Waals surface area contributed by atoms with E-state index in [0.29, 0.717) is 0 Å². The van der Waals surface area contributed by atoms with Crippen LogP contribution in [0.25, 0.3) is 0 Å². The van der Waals surface area contributed by atoms with Crippen LogP contribution in [-0.2, 0) is 0 Å². The SMILES string of the molecule is CN(CCCCCNC(C)(C)C)C1CCCC1. The molecule has 1 N–H and O–H groups in total. The van der Waals surface area contributed by atoms with Crippen molar-refractivity contribution in [1.82, 2.24) is 10.2 Å². The predicted octanol–water partition coefficient (Wildman–Crippen LogP) is 3.42. The maximum Gasteiger partial charge on any atom is 0.00965 e. The van der Waals surface area contributed by atoms with E-state index in [-0.39, 0.29) is 5.54 Å². The van der Waals surface area contributed by atoms with Crippen LogP contribution in [0.15, 0.2) is 0 Å². The summed E-state index contributed by atoms with van der Waals surface area (Å²) in [4.78, 5) is 2.59. The Bertz CT molecular complexity index is 190. The van der Waals surface area contributed by atoms with Gasteiger partial charge in [0.25, 0.3) is 0 Å². The molecule has 1 fully saturated rings. The van der Waals surface area contributed by atoms with E-state index in [4.69, 9.17) is 0 Å². The number of rotatable bonds is 7. The average molecular weight is 240 g/mol. The lowest BCUT2D eigenvalue weighted by atomic mass is 10.1. The monoisotopic (exact) mass is 240 g/mol. The molecule has 0 aromatic rings. The highest BCUT2D eigenvalue weighted by atomic mass is 15.1. The van der Waals surface area contributed by atoms with E-state index in [9.17, 15) is 0 Å². The topological polar surface area (TPSA) is 15.3 Å². The van der Waals surface area contributed by atoms with E-state index in [0.717, 1.165) is 12.6 Å². The van der Waals surface area contributed by atoms with Gasteiger partial charge in [0.05, 0.1) is 0 Å². The Kier molecular flexibility index (Phi) is 6.50. The summed E-state index contributed by atoms with van der Waals surface area (Å²) in [5.41, 5.74) is 0.278. The Balaban J connectivity index is 1.93. The van der Waals surface area contributed by atoms with Gasteiger partial charge in [0.1, 0.15) is 0 Å². The molecule has 0 aromatic heterocycles. The van der Waals surface area contributed by atoms with E-state index in [1.807, 2.05) is 0 Å². The fraction of sp³-hybridized carbons (Fsp3) is 1.00. The summed E-state index contributed by atoms with van der Waals surface area (Å²) in [5.74, 6) is 0. The second-order valence-electron chi connectivity index (χ2n) is 6.66. The molecule has 0 amide bonds. The van der Waals surface area contributed by atoms with E-state index in [1.54, 1.807) is 0 Å². The van der Waals surface area contributed by atoms with Crippen molar-refractivity contribution >= 4 is 0 Å². The van der Waals surface area contributed by atoms with Crippen molar-refractivity contribution in [3.63, 3.8) is 0 Å². The van der Waals surface area contributed by atoms with Crippen LogP contribution in [0, 0.1) is 0 Å². The maximum atomic E-state index is 3.55. The van der Waals surface area contributed by atoms with Gasteiger partial charge in [-0.2, -0.15) is 0 Å². The van der Waals surface area contributed by atoms with Crippen LogP contribution >= 0.6 is 0 Å². The largest absolute Gasteiger partial charge is 0.312 e. The van der Waals surface area contributed by atoms with Crippen LogP contribution in [-0.4, -0.2) is 36.6 Å². The van der Waals surface area contributed by atoms with E-state index >= 15 is 0 Å². The average Bonchev–Trinajstić information content (AvgIpc) is 2.74. The number of hydrogen-bond acceptors (Lipinski definition) is 2. The highest BCUT2D eigenvalue weighted by Gasteiger charge is 2.18. The Morgan fingerprint density at radius 3 is 2.29 bits per heavy atom. The first-order chi connectivity index (χ1) is 7.99. The molecule has 17 heavy (non-hydrogen) atoms. The minimum atomic E-state index is 0.278. The Labute approximate surface area is 108 Å². The number of unbranched alkanes of at least 4 members (excludes halogenated alkanes) is 2. The predicted molar refractivity (Wildman–Crippen MR) is 76.5 cm³/mol. The standard InChI is InChI=1S/C15H32N2/c1-15(2,3)16-12-8-5-9-13-17(4)14-10-6-7-11-14/h14,16H,5-13H2,1-4H3. The molecule has 0 bridgehead atoms. The van der Waals surface area contributed by atoms with Gasteiger partial charge in [0.15, 0.2) is 0 Å². The van der Waals surface area contributed by atoms with Crippen molar-refractivity contribution in [2.24, 2.45) is 0 Å². The van der Waals surface area contributed by atoms with Gasteiger partial charge >= 0.3 is 0 Å². The van der Waals surface area contributed by atoms with Crippen molar-refractivity contribution in [2.75, 3.05) is 20.1 Å². The van der Waals surface area contributed by atoms with Gasteiger partial charge in [-0.3, -0.25) is 0 Å². The minimum absolute atomic E-state index is 0.278. The first-order valence-electron chi connectivity index (χ1n) is 7.44. The summed E-state index contributed by atoms with van der Waals surface area (Å²) in [6, 6.07) is 0.891.